The molecular weight excluding hydrogens is 196 g/mol. The van der Waals surface area contributed by atoms with Crippen LogP contribution in [0.25, 0.3) is 0 Å². The first-order valence-electron chi connectivity index (χ1n) is 5.55. The zero-order chi connectivity index (χ0) is 10.8. The lowest BCUT2D eigenvalue weighted by molar-refractivity contribution is -0.177. The number of hydrogen-bond donors (Lipinski definition) is 0. The van der Waals surface area contributed by atoms with Gasteiger partial charge in [-0.3, -0.25) is 9.59 Å². The van der Waals surface area contributed by atoms with Crippen molar-refractivity contribution < 1.29 is 19.1 Å². The van der Waals surface area contributed by atoms with E-state index in [1.807, 2.05) is 0 Å². The highest BCUT2D eigenvalue weighted by Crippen LogP contribution is 2.33. The van der Waals surface area contributed by atoms with Gasteiger partial charge in [0.05, 0.1) is 11.8 Å². The van der Waals surface area contributed by atoms with Crippen LogP contribution in [0.3, 0.4) is 0 Å². The highest BCUT2D eigenvalue weighted by Gasteiger charge is 2.39. The zero-order valence-corrected chi connectivity index (χ0v) is 8.90. The molecule has 0 aromatic rings. The van der Waals surface area contributed by atoms with E-state index < -0.39 is 0 Å². The largest absolute Gasteiger partial charge is 0.462 e. The van der Waals surface area contributed by atoms with E-state index in [1.54, 1.807) is 6.92 Å². The average Bonchev–Trinajstić information content (AvgIpc) is 2.24. The molecular formula is C11H16O4. The monoisotopic (exact) mass is 212 g/mol. The summed E-state index contributed by atoms with van der Waals surface area (Å²) in [6, 6.07) is 0. The fourth-order valence-corrected chi connectivity index (χ4v) is 2.32. The number of fused-ring (bicyclic) bond motifs is 1. The van der Waals surface area contributed by atoms with Gasteiger partial charge in [0.2, 0.25) is 0 Å². The van der Waals surface area contributed by atoms with Gasteiger partial charge in [0.15, 0.2) is 0 Å². The van der Waals surface area contributed by atoms with Crippen LogP contribution < -0.4 is 0 Å². The summed E-state index contributed by atoms with van der Waals surface area (Å²) in [5.41, 5.74) is 0. The first-order chi connectivity index (χ1) is 7.18. The summed E-state index contributed by atoms with van der Waals surface area (Å²) >= 11 is 0. The van der Waals surface area contributed by atoms with Crippen molar-refractivity contribution in [1.82, 2.24) is 0 Å². The fraction of sp³-hybridized carbons (Fsp3) is 0.818. The Hall–Kier alpha value is -1.06. The summed E-state index contributed by atoms with van der Waals surface area (Å²) < 4.78 is 10.3. The summed E-state index contributed by atoms with van der Waals surface area (Å²) in [7, 11) is 0. The predicted octanol–water partition coefficient (Wildman–Crippen LogP) is 1.28. The molecule has 4 nitrogen and oxygen atoms in total. The number of rotatable bonds is 0. The number of hydrogen-bond acceptors (Lipinski definition) is 4. The Morgan fingerprint density at radius 2 is 1.67 bits per heavy atom. The smallest absolute Gasteiger partial charge is 0.310 e. The van der Waals surface area contributed by atoms with Crippen molar-refractivity contribution in [1.29, 1.82) is 0 Å². The van der Waals surface area contributed by atoms with Crippen LogP contribution in [-0.2, 0) is 19.1 Å². The number of cyclic esters (lactones) is 2. The van der Waals surface area contributed by atoms with Crippen molar-refractivity contribution in [3.05, 3.63) is 0 Å². The van der Waals surface area contributed by atoms with Crippen LogP contribution in [-0.4, -0.2) is 24.6 Å². The van der Waals surface area contributed by atoms with E-state index in [0.717, 1.165) is 25.7 Å². The van der Waals surface area contributed by atoms with Crippen molar-refractivity contribution in [3.63, 3.8) is 0 Å². The molecule has 1 aliphatic carbocycles. The van der Waals surface area contributed by atoms with Gasteiger partial charge < -0.3 is 9.47 Å². The number of ether oxygens (including phenoxy) is 2. The van der Waals surface area contributed by atoms with E-state index in [1.165, 1.54) is 0 Å². The Morgan fingerprint density at radius 1 is 1.07 bits per heavy atom. The highest BCUT2D eigenvalue weighted by molar-refractivity contribution is 5.82. The lowest BCUT2D eigenvalue weighted by atomic mass is 9.79. The van der Waals surface area contributed by atoms with Crippen LogP contribution in [0.2, 0.25) is 0 Å². The molecule has 0 aromatic carbocycles. The molecule has 1 saturated carbocycles. The van der Waals surface area contributed by atoms with Gasteiger partial charge in [0.25, 0.3) is 0 Å². The quantitative estimate of drug-likeness (QED) is 0.568. The van der Waals surface area contributed by atoms with Gasteiger partial charge in [0.1, 0.15) is 12.7 Å². The third kappa shape index (κ3) is 2.13. The molecule has 15 heavy (non-hydrogen) atoms. The highest BCUT2D eigenvalue weighted by atomic mass is 16.6. The molecule has 1 saturated heterocycles. The van der Waals surface area contributed by atoms with E-state index in [0.29, 0.717) is 0 Å². The molecule has 0 N–H and O–H groups in total. The molecule has 0 aromatic heterocycles. The lowest BCUT2D eigenvalue weighted by Crippen LogP contribution is -2.40. The summed E-state index contributed by atoms with van der Waals surface area (Å²) in [5.74, 6) is -0.972. The molecule has 2 rings (SSSR count). The molecule has 2 fully saturated rings. The summed E-state index contributed by atoms with van der Waals surface area (Å²) in [5, 5.41) is 0. The second kappa shape index (κ2) is 4.21. The fourth-order valence-electron chi connectivity index (χ4n) is 2.32. The second-order valence-corrected chi connectivity index (χ2v) is 4.37. The second-order valence-electron chi connectivity index (χ2n) is 4.37. The minimum Gasteiger partial charge on any atom is -0.462 e. The van der Waals surface area contributed by atoms with E-state index in [-0.39, 0.29) is 36.5 Å². The maximum atomic E-state index is 11.7. The maximum Gasteiger partial charge on any atom is 0.310 e. The van der Waals surface area contributed by atoms with Gasteiger partial charge in [-0.15, -0.1) is 0 Å². The molecule has 0 radical (unpaired) electrons. The van der Waals surface area contributed by atoms with E-state index in [2.05, 4.69) is 0 Å². The van der Waals surface area contributed by atoms with Gasteiger partial charge in [-0.25, -0.2) is 0 Å². The molecule has 0 unspecified atom stereocenters. The molecule has 1 heterocycles. The van der Waals surface area contributed by atoms with Crippen LogP contribution in [0.4, 0.5) is 0 Å². The van der Waals surface area contributed by atoms with Gasteiger partial charge in [-0.2, -0.15) is 0 Å². The average molecular weight is 212 g/mol. The van der Waals surface area contributed by atoms with Crippen LogP contribution in [0.15, 0.2) is 0 Å². The Balaban J connectivity index is 2.15. The minimum absolute atomic E-state index is 0.188. The Labute approximate surface area is 88.9 Å². The summed E-state index contributed by atoms with van der Waals surface area (Å²) in [6.45, 7) is 1.93. The molecule has 0 spiro atoms. The van der Waals surface area contributed by atoms with Crippen LogP contribution in [0, 0.1) is 11.8 Å². The molecule has 4 heteroatoms. The van der Waals surface area contributed by atoms with Crippen LogP contribution >= 0.6 is 0 Å². The topological polar surface area (TPSA) is 52.6 Å². The van der Waals surface area contributed by atoms with Crippen LogP contribution in [0.1, 0.15) is 32.6 Å². The Bertz CT molecular complexity index is 274. The standard InChI is InChI=1S/C11H16O4/c1-7-6-14-10(12)8-4-2-3-5-9(8)11(13)15-7/h7-9H,2-6H2,1H3/t7-,8+,9+/m1/s1. The maximum absolute atomic E-state index is 11.7. The van der Waals surface area contributed by atoms with Crippen molar-refractivity contribution in [2.75, 3.05) is 6.61 Å². The van der Waals surface area contributed by atoms with Crippen molar-refractivity contribution in [3.8, 4) is 0 Å². The number of esters is 2. The third-order valence-corrected chi connectivity index (χ3v) is 3.15. The Kier molecular flexibility index (Phi) is 2.93. The molecule has 3 atom stereocenters. The third-order valence-electron chi connectivity index (χ3n) is 3.15. The molecule has 0 bridgehead atoms. The van der Waals surface area contributed by atoms with Crippen molar-refractivity contribution >= 4 is 11.9 Å². The first-order valence-corrected chi connectivity index (χ1v) is 5.55. The zero-order valence-electron chi connectivity index (χ0n) is 8.90. The first kappa shape index (κ1) is 10.5. The summed E-state index contributed by atoms with van der Waals surface area (Å²) in [4.78, 5) is 23.4. The van der Waals surface area contributed by atoms with E-state index in [4.69, 9.17) is 9.47 Å². The van der Waals surface area contributed by atoms with Crippen molar-refractivity contribution in [2.24, 2.45) is 11.8 Å². The molecule has 1 aliphatic heterocycles. The van der Waals surface area contributed by atoms with Gasteiger partial charge in [0, 0.05) is 0 Å². The number of carbonyl (C=O) groups excluding carboxylic acids is 2. The lowest BCUT2D eigenvalue weighted by Gasteiger charge is -2.31. The van der Waals surface area contributed by atoms with Gasteiger partial charge in [-0.1, -0.05) is 12.8 Å². The Morgan fingerprint density at radius 3 is 2.33 bits per heavy atom. The summed E-state index contributed by atoms with van der Waals surface area (Å²) in [6.07, 6.45) is 3.19. The van der Waals surface area contributed by atoms with E-state index in [9.17, 15) is 9.59 Å². The molecule has 2 aliphatic rings. The van der Waals surface area contributed by atoms with Crippen LogP contribution in [0.5, 0.6) is 0 Å². The van der Waals surface area contributed by atoms with Gasteiger partial charge >= 0.3 is 11.9 Å². The van der Waals surface area contributed by atoms with E-state index >= 15 is 0 Å². The molecule has 84 valence electrons. The normalized spacial score (nSPS) is 37.0. The van der Waals surface area contributed by atoms with Crippen molar-refractivity contribution in [2.45, 2.75) is 38.7 Å². The molecule has 0 amide bonds. The predicted molar refractivity (Wildman–Crippen MR) is 52.0 cm³/mol. The minimum atomic E-state index is -0.315. The SMILES string of the molecule is C[C@@H]1COC(=O)[C@H]2CCCC[C@@H]2C(=O)O1. The van der Waals surface area contributed by atoms with Gasteiger partial charge in [-0.05, 0) is 19.8 Å². The number of carbonyl (C=O) groups is 2.